The zero-order valence-corrected chi connectivity index (χ0v) is 38.6. The van der Waals surface area contributed by atoms with Crippen LogP contribution in [0.1, 0.15) is 85.5 Å². The van der Waals surface area contributed by atoms with Crippen LogP contribution in [0.5, 0.6) is 0 Å². The van der Waals surface area contributed by atoms with Gasteiger partial charge in [0.15, 0.2) is 24.7 Å². The number of aliphatic hydroxyl groups is 12. The van der Waals surface area contributed by atoms with E-state index in [0.29, 0.717) is 38.5 Å². The van der Waals surface area contributed by atoms with E-state index in [2.05, 4.69) is 26.8 Å². The minimum atomic E-state index is -1.77. The number of hydrogen-bond donors (Lipinski definition) is 12. The number of aliphatic hydroxyl groups excluding tert-OH is 11. The summed E-state index contributed by atoms with van der Waals surface area (Å²) in [5, 5.41) is 126. The largest absolute Gasteiger partial charge is 0.394 e. The van der Waals surface area contributed by atoms with Crippen molar-refractivity contribution in [2.45, 2.75) is 201 Å². The van der Waals surface area contributed by atoms with Gasteiger partial charge in [-0.05, 0) is 68.1 Å². The minimum Gasteiger partial charge on any atom is -0.394 e. The molecule has 26 atom stereocenters. The molecule has 0 aromatic carbocycles. The van der Waals surface area contributed by atoms with E-state index in [4.69, 9.17) is 37.9 Å². The number of fused-ring (bicyclic) bond motifs is 7. The number of ether oxygens (including phenoxy) is 8. The van der Waals surface area contributed by atoms with E-state index in [9.17, 15) is 61.3 Å². The van der Waals surface area contributed by atoms with Crippen molar-refractivity contribution in [2.24, 2.45) is 40.4 Å². The highest BCUT2D eigenvalue weighted by molar-refractivity contribution is 5.29. The van der Waals surface area contributed by atoms with E-state index in [1.807, 2.05) is 6.92 Å². The Morgan fingerprint density at radius 2 is 1.32 bits per heavy atom. The molecule has 380 valence electrons. The summed E-state index contributed by atoms with van der Waals surface area (Å²) in [6, 6.07) is 0. The summed E-state index contributed by atoms with van der Waals surface area (Å²) in [7, 11) is 1.67. The van der Waals surface area contributed by atoms with E-state index >= 15 is 0 Å². The molecule has 26 unspecified atom stereocenters. The maximum Gasteiger partial charge on any atom is 0.187 e. The van der Waals surface area contributed by atoms with Crippen molar-refractivity contribution in [3.63, 3.8) is 0 Å². The summed E-state index contributed by atoms with van der Waals surface area (Å²) < 4.78 is 48.0. The number of methoxy groups -OCH3 is 1. The average Bonchev–Trinajstić information content (AvgIpc) is 3.71. The molecule has 0 aromatic heterocycles. The van der Waals surface area contributed by atoms with Gasteiger partial charge in [-0.25, -0.2) is 0 Å². The molecule has 0 amide bonds. The van der Waals surface area contributed by atoms with Gasteiger partial charge in [0.1, 0.15) is 73.2 Å². The third-order valence-corrected chi connectivity index (χ3v) is 17.9. The third-order valence-electron chi connectivity index (χ3n) is 17.9. The molecule has 12 N–H and O–H groups in total. The summed E-state index contributed by atoms with van der Waals surface area (Å²) in [6.07, 6.45) is -14.4. The Morgan fingerprint density at radius 3 is 1.95 bits per heavy atom. The Labute approximate surface area is 385 Å². The van der Waals surface area contributed by atoms with Crippen molar-refractivity contribution in [1.82, 2.24) is 0 Å². The summed E-state index contributed by atoms with van der Waals surface area (Å²) in [6.45, 7) is 6.96. The molecule has 0 aromatic rings. The predicted octanol–water partition coefficient (Wildman–Crippen LogP) is -2.09. The van der Waals surface area contributed by atoms with E-state index in [0.717, 1.165) is 19.3 Å². The van der Waals surface area contributed by atoms with Crippen molar-refractivity contribution in [3.05, 3.63) is 11.6 Å². The monoisotopic (exact) mass is 948 g/mol. The summed E-state index contributed by atoms with van der Waals surface area (Å²) >= 11 is 0. The molecule has 3 saturated carbocycles. The standard InChI is InChI=1S/C46H76O20/c1-20(19-60-40-36(55)33(52)31(50)27(16-47)62-40)8-13-46(59-5)21(2)30-26(66-46)15-45(58)25-7-6-22-14-23(9-11-43(22,3)24(25)10-12-44(30,45)4)61-41-38(57)35(54)39(29(18-49)64-41)65-42-37(56)34(53)32(51)28(17-48)63-42/h6,20-21,23-42,47-58H,7-19H2,1-5H3. The molecule has 20 heteroatoms. The Kier molecular flexibility index (Phi) is 15.2. The van der Waals surface area contributed by atoms with E-state index in [-0.39, 0.29) is 47.7 Å². The fourth-order valence-electron chi connectivity index (χ4n) is 13.9. The second kappa shape index (κ2) is 19.5. The van der Waals surface area contributed by atoms with Gasteiger partial charge in [-0.1, -0.05) is 39.3 Å². The molecule has 8 rings (SSSR count). The SMILES string of the molecule is COC1(CCC(C)COC2OC(CO)C(O)C(O)C2O)OC2CC3(O)C4CC=C5CC(OC6OC(CO)C(OC7OC(CO)C(O)C(O)C7O)C(O)C6O)CCC5(C)C4CCC3(C)C2C1C. The molecule has 7 fully saturated rings. The van der Waals surface area contributed by atoms with Crippen LogP contribution in [0, 0.1) is 40.4 Å². The highest BCUT2D eigenvalue weighted by Crippen LogP contribution is 2.72. The molecule has 4 heterocycles. The summed E-state index contributed by atoms with van der Waals surface area (Å²) in [5.41, 5.74) is -0.445. The zero-order chi connectivity index (χ0) is 47.8. The van der Waals surface area contributed by atoms with Gasteiger partial charge in [-0.2, -0.15) is 0 Å². The van der Waals surface area contributed by atoms with Gasteiger partial charge in [0.05, 0.1) is 44.2 Å². The number of allylic oxidation sites excluding steroid dienone is 1. The van der Waals surface area contributed by atoms with Crippen LogP contribution in [0.3, 0.4) is 0 Å². The van der Waals surface area contributed by atoms with E-state index in [1.165, 1.54) is 5.57 Å². The molecule has 0 spiro atoms. The molecule has 0 bridgehead atoms. The van der Waals surface area contributed by atoms with Crippen LogP contribution < -0.4 is 0 Å². The Bertz CT molecular complexity index is 1690. The Hall–Kier alpha value is -1.06. The molecule has 0 radical (unpaired) electrons. The lowest BCUT2D eigenvalue weighted by Gasteiger charge is -2.61. The molecule has 20 nitrogen and oxygen atoms in total. The smallest absolute Gasteiger partial charge is 0.187 e. The Balaban J connectivity index is 0.880. The normalized spacial score (nSPS) is 54.2. The van der Waals surface area contributed by atoms with Gasteiger partial charge in [0.25, 0.3) is 0 Å². The van der Waals surface area contributed by atoms with Gasteiger partial charge in [0.2, 0.25) is 0 Å². The van der Waals surface area contributed by atoms with E-state index < -0.39 is 135 Å². The first-order valence-corrected chi connectivity index (χ1v) is 24.0. The van der Waals surface area contributed by atoms with Crippen molar-refractivity contribution >= 4 is 0 Å². The predicted molar refractivity (Wildman–Crippen MR) is 225 cm³/mol. The van der Waals surface area contributed by atoms with Gasteiger partial charge in [-0.15, -0.1) is 0 Å². The van der Waals surface area contributed by atoms with Crippen LogP contribution in [0.2, 0.25) is 0 Å². The lowest BCUT2D eigenvalue weighted by molar-refractivity contribution is -0.363. The summed E-state index contributed by atoms with van der Waals surface area (Å²) in [4.78, 5) is 0. The topological polar surface area (TPSA) is 317 Å². The quantitative estimate of drug-likeness (QED) is 0.0831. The van der Waals surface area contributed by atoms with Gasteiger partial charge < -0.3 is 99.2 Å². The van der Waals surface area contributed by atoms with Crippen molar-refractivity contribution in [1.29, 1.82) is 0 Å². The fourth-order valence-corrected chi connectivity index (χ4v) is 13.9. The second-order valence-electron chi connectivity index (χ2n) is 21.3. The van der Waals surface area contributed by atoms with Gasteiger partial charge in [-0.3, -0.25) is 0 Å². The molecular weight excluding hydrogens is 872 g/mol. The van der Waals surface area contributed by atoms with Crippen LogP contribution in [0.4, 0.5) is 0 Å². The summed E-state index contributed by atoms with van der Waals surface area (Å²) in [5.74, 6) is -0.745. The van der Waals surface area contributed by atoms with Crippen LogP contribution in [-0.2, 0) is 37.9 Å². The van der Waals surface area contributed by atoms with Crippen molar-refractivity contribution < 1.29 is 99.2 Å². The number of rotatable bonds is 14. The first kappa shape index (κ1) is 51.3. The molecule has 66 heavy (non-hydrogen) atoms. The van der Waals surface area contributed by atoms with Crippen LogP contribution in [0.25, 0.3) is 0 Å². The fraction of sp³-hybridized carbons (Fsp3) is 0.957. The van der Waals surface area contributed by atoms with Crippen LogP contribution in [-0.4, -0.2) is 211 Å². The van der Waals surface area contributed by atoms with Crippen LogP contribution >= 0.6 is 0 Å². The minimum absolute atomic E-state index is 0.00927. The van der Waals surface area contributed by atoms with Crippen LogP contribution in [0.15, 0.2) is 11.6 Å². The third kappa shape index (κ3) is 8.46. The first-order valence-electron chi connectivity index (χ1n) is 24.0. The molecule has 4 aliphatic carbocycles. The second-order valence-corrected chi connectivity index (χ2v) is 21.3. The Morgan fingerprint density at radius 1 is 0.727 bits per heavy atom. The van der Waals surface area contributed by atoms with Crippen molar-refractivity contribution in [3.8, 4) is 0 Å². The van der Waals surface area contributed by atoms with Gasteiger partial charge in [0, 0.05) is 37.2 Å². The maximum atomic E-state index is 13.1. The maximum absolute atomic E-state index is 13.1. The molecule has 4 saturated heterocycles. The zero-order valence-electron chi connectivity index (χ0n) is 38.6. The molecule has 4 aliphatic heterocycles. The molecular formula is C46H76O20. The molecule has 8 aliphatic rings. The van der Waals surface area contributed by atoms with E-state index in [1.54, 1.807) is 7.11 Å². The van der Waals surface area contributed by atoms with Gasteiger partial charge >= 0.3 is 0 Å². The lowest BCUT2D eigenvalue weighted by atomic mass is 9.45. The first-order chi connectivity index (χ1) is 31.2. The highest BCUT2D eigenvalue weighted by Gasteiger charge is 2.74. The number of hydrogen-bond acceptors (Lipinski definition) is 20. The lowest BCUT2D eigenvalue weighted by Crippen LogP contribution is -2.65. The highest BCUT2D eigenvalue weighted by atomic mass is 16.7. The average molecular weight is 949 g/mol. The van der Waals surface area contributed by atoms with Crippen molar-refractivity contribution in [2.75, 3.05) is 33.5 Å².